The third-order valence-corrected chi connectivity index (χ3v) is 8.06. The Morgan fingerprint density at radius 2 is 1.87 bits per heavy atom. The number of rotatable bonds is 7. The molecule has 0 radical (unpaired) electrons. The summed E-state index contributed by atoms with van der Waals surface area (Å²) >= 11 is 3.45. The zero-order chi connectivity index (χ0) is 21.9. The predicted octanol–water partition coefficient (Wildman–Crippen LogP) is 3.94. The lowest BCUT2D eigenvalue weighted by Crippen LogP contribution is -2.42. The lowest BCUT2D eigenvalue weighted by atomic mass is 9.97. The summed E-state index contributed by atoms with van der Waals surface area (Å²) in [6.07, 6.45) is 2.58. The Hall–Kier alpha value is -1.71. The molecule has 0 bridgehead atoms. The van der Waals surface area contributed by atoms with E-state index in [0.717, 1.165) is 27.7 Å². The number of nitrogens with one attached hydrogen (secondary N) is 1. The maximum absolute atomic E-state index is 13.0. The molecule has 1 aromatic heterocycles. The molecule has 0 unspecified atom stereocenters. The van der Waals surface area contributed by atoms with Crippen molar-refractivity contribution in [1.82, 2.24) is 14.1 Å². The molecule has 164 valence electrons. The van der Waals surface area contributed by atoms with Crippen LogP contribution in [-0.4, -0.2) is 47.3 Å². The molecule has 30 heavy (non-hydrogen) atoms. The number of aryl methyl sites for hydroxylation is 2. The quantitative estimate of drug-likeness (QED) is 0.628. The molecule has 7 nitrogen and oxygen atoms in total. The Bertz CT molecular complexity index is 994. The van der Waals surface area contributed by atoms with Crippen molar-refractivity contribution in [1.29, 1.82) is 0 Å². The van der Waals surface area contributed by atoms with Crippen LogP contribution >= 0.6 is 15.9 Å². The van der Waals surface area contributed by atoms with E-state index in [9.17, 15) is 13.2 Å². The summed E-state index contributed by atoms with van der Waals surface area (Å²) in [5.41, 5.74) is 2.72. The van der Waals surface area contributed by atoms with Gasteiger partial charge in [0.05, 0.1) is 11.4 Å². The molecule has 1 saturated heterocycles. The van der Waals surface area contributed by atoms with Gasteiger partial charge < -0.3 is 5.32 Å². The summed E-state index contributed by atoms with van der Waals surface area (Å²) in [6, 6.07) is 7.90. The molecular formula is C21H29BrN4O3S. The molecular weight excluding hydrogens is 468 g/mol. The highest BCUT2D eigenvalue weighted by Gasteiger charge is 2.31. The molecule has 1 aromatic carbocycles. The zero-order valence-electron chi connectivity index (χ0n) is 17.7. The van der Waals surface area contributed by atoms with E-state index in [1.54, 1.807) is 4.68 Å². The number of piperidine rings is 1. The summed E-state index contributed by atoms with van der Waals surface area (Å²) in [6.45, 7) is 4.70. The number of hydrogen-bond donors (Lipinski definition) is 1. The van der Waals surface area contributed by atoms with Gasteiger partial charge in [-0.3, -0.25) is 9.48 Å². The van der Waals surface area contributed by atoms with Crippen molar-refractivity contribution in [2.45, 2.75) is 39.5 Å². The highest BCUT2D eigenvalue weighted by molar-refractivity contribution is 9.10. The molecule has 0 saturated carbocycles. The average Bonchev–Trinajstić information content (AvgIpc) is 3.00. The van der Waals surface area contributed by atoms with Crippen LogP contribution in [0.3, 0.4) is 0 Å². The van der Waals surface area contributed by atoms with E-state index < -0.39 is 10.0 Å². The van der Waals surface area contributed by atoms with Crippen molar-refractivity contribution in [3.05, 3.63) is 34.4 Å². The van der Waals surface area contributed by atoms with Crippen LogP contribution in [0.15, 0.2) is 28.7 Å². The van der Waals surface area contributed by atoms with E-state index in [4.69, 9.17) is 0 Å². The highest BCUT2D eigenvalue weighted by atomic mass is 79.9. The first-order valence-corrected chi connectivity index (χ1v) is 12.7. The molecule has 0 aliphatic carbocycles. The molecule has 0 atom stereocenters. The smallest absolute Gasteiger partial charge is 0.228 e. The van der Waals surface area contributed by atoms with Crippen molar-refractivity contribution in [2.24, 2.45) is 13.0 Å². The minimum Gasteiger partial charge on any atom is -0.310 e. The minimum absolute atomic E-state index is 0.0815. The lowest BCUT2D eigenvalue weighted by Gasteiger charge is -2.30. The predicted molar refractivity (Wildman–Crippen MR) is 123 cm³/mol. The van der Waals surface area contributed by atoms with Gasteiger partial charge in [0.15, 0.2) is 0 Å². The molecule has 1 amide bonds. The second-order valence-corrected chi connectivity index (χ2v) is 10.8. The molecule has 2 heterocycles. The van der Waals surface area contributed by atoms with E-state index >= 15 is 0 Å². The zero-order valence-corrected chi connectivity index (χ0v) is 20.1. The number of carbonyl (C=O) groups is 1. The van der Waals surface area contributed by atoms with E-state index in [-0.39, 0.29) is 17.6 Å². The summed E-state index contributed by atoms with van der Waals surface area (Å²) in [5.74, 6) is 0.556. The normalized spacial score (nSPS) is 16.0. The van der Waals surface area contributed by atoms with Gasteiger partial charge in [-0.1, -0.05) is 41.4 Å². The number of aromatic nitrogens is 2. The number of anilines is 1. The van der Waals surface area contributed by atoms with E-state index in [0.29, 0.717) is 38.2 Å². The standard InChI is InChI=1S/C21H29BrN4O3S/c1-4-5-14-30(28,29)26-12-10-17(11-13-26)21(27)23-20-19(15(2)24-25(20)3)16-6-8-18(22)9-7-16/h6-9,17H,4-5,10-14H2,1-3H3,(H,23,27). The van der Waals surface area contributed by atoms with Crippen molar-refractivity contribution < 1.29 is 13.2 Å². The first-order valence-electron chi connectivity index (χ1n) is 10.3. The van der Waals surface area contributed by atoms with Crippen LogP contribution < -0.4 is 5.32 Å². The number of hydrogen-bond acceptors (Lipinski definition) is 4. The van der Waals surface area contributed by atoms with Gasteiger partial charge in [0.25, 0.3) is 0 Å². The first-order chi connectivity index (χ1) is 14.2. The summed E-state index contributed by atoms with van der Waals surface area (Å²) in [5, 5.41) is 7.54. The van der Waals surface area contributed by atoms with E-state index in [2.05, 4.69) is 26.3 Å². The van der Waals surface area contributed by atoms with Crippen LogP contribution in [0, 0.1) is 12.8 Å². The maximum atomic E-state index is 13.0. The Labute approximate surface area is 187 Å². The van der Waals surface area contributed by atoms with Gasteiger partial charge in [-0.25, -0.2) is 12.7 Å². The van der Waals surface area contributed by atoms with Gasteiger partial charge >= 0.3 is 0 Å². The Kier molecular flexibility index (Phi) is 7.36. The number of halogens is 1. The van der Waals surface area contributed by atoms with Gasteiger partial charge in [-0.05, 0) is 43.9 Å². The van der Waals surface area contributed by atoms with Crippen LogP contribution in [0.5, 0.6) is 0 Å². The molecule has 0 spiro atoms. The van der Waals surface area contributed by atoms with Crippen molar-refractivity contribution in [3.63, 3.8) is 0 Å². The van der Waals surface area contributed by atoms with Crippen LogP contribution in [0.25, 0.3) is 11.1 Å². The maximum Gasteiger partial charge on any atom is 0.228 e. The van der Waals surface area contributed by atoms with Gasteiger partial charge in [0.2, 0.25) is 15.9 Å². The number of amides is 1. The average molecular weight is 497 g/mol. The number of carbonyl (C=O) groups excluding carboxylic acids is 1. The van der Waals surface area contributed by atoms with Crippen molar-refractivity contribution in [3.8, 4) is 11.1 Å². The fourth-order valence-electron chi connectivity index (χ4n) is 3.83. The molecule has 1 aliphatic heterocycles. The molecule has 1 fully saturated rings. The van der Waals surface area contributed by atoms with E-state index in [1.807, 2.05) is 45.2 Å². The van der Waals surface area contributed by atoms with Gasteiger partial charge in [0, 0.05) is 36.1 Å². The summed E-state index contributed by atoms with van der Waals surface area (Å²) in [4.78, 5) is 13.0. The fraction of sp³-hybridized carbons (Fsp3) is 0.524. The number of nitrogens with zero attached hydrogens (tertiary/aromatic N) is 3. The van der Waals surface area contributed by atoms with Gasteiger partial charge in [-0.15, -0.1) is 0 Å². The van der Waals surface area contributed by atoms with Crippen LogP contribution in [0.1, 0.15) is 38.3 Å². The topological polar surface area (TPSA) is 84.3 Å². The Morgan fingerprint density at radius 3 is 2.47 bits per heavy atom. The van der Waals surface area contributed by atoms with Crippen molar-refractivity contribution in [2.75, 3.05) is 24.2 Å². The minimum atomic E-state index is -3.22. The SMILES string of the molecule is CCCCS(=O)(=O)N1CCC(C(=O)Nc2c(-c3ccc(Br)cc3)c(C)nn2C)CC1. The monoisotopic (exact) mass is 496 g/mol. The number of unbranched alkanes of at least 4 members (excludes halogenated alkanes) is 1. The molecule has 1 N–H and O–H groups in total. The summed E-state index contributed by atoms with van der Waals surface area (Å²) in [7, 11) is -1.41. The third kappa shape index (κ3) is 5.12. The van der Waals surface area contributed by atoms with Crippen LogP contribution in [-0.2, 0) is 21.9 Å². The van der Waals surface area contributed by atoms with Crippen molar-refractivity contribution >= 4 is 37.7 Å². The Morgan fingerprint density at radius 1 is 1.23 bits per heavy atom. The van der Waals surface area contributed by atoms with Gasteiger partial charge in [-0.2, -0.15) is 5.10 Å². The number of sulfonamides is 1. The van der Waals surface area contributed by atoms with Crippen LogP contribution in [0.4, 0.5) is 5.82 Å². The molecule has 3 rings (SSSR count). The lowest BCUT2D eigenvalue weighted by molar-refractivity contribution is -0.121. The van der Waals surface area contributed by atoms with E-state index in [1.165, 1.54) is 4.31 Å². The molecule has 9 heteroatoms. The Balaban J connectivity index is 1.70. The second-order valence-electron chi connectivity index (χ2n) is 7.77. The first kappa shape index (κ1) is 23.0. The van der Waals surface area contributed by atoms with Gasteiger partial charge in [0.1, 0.15) is 5.82 Å². The largest absolute Gasteiger partial charge is 0.310 e. The summed E-state index contributed by atoms with van der Waals surface area (Å²) < 4.78 is 29.0. The fourth-order valence-corrected chi connectivity index (χ4v) is 5.78. The second kappa shape index (κ2) is 9.62. The molecule has 1 aliphatic rings. The third-order valence-electron chi connectivity index (χ3n) is 5.57. The highest BCUT2D eigenvalue weighted by Crippen LogP contribution is 2.33. The number of benzene rings is 1. The van der Waals surface area contributed by atoms with Crippen LogP contribution in [0.2, 0.25) is 0 Å². The molecule has 2 aromatic rings.